The van der Waals surface area contributed by atoms with Crippen molar-refractivity contribution in [2.24, 2.45) is 0 Å². The normalized spacial score (nSPS) is 10.2. The van der Waals surface area contributed by atoms with Crippen LogP contribution in [-0.4, -0.2) is 11.8 Å². The van der Waals surface area contributed by atoms with Crippen LogP contribution in [0, 0.1) is 11.6 Å². The largest absolute Gasteiger partial charge is 0.326 e. The lowest BCUT2D eigenvalue weighted by Crippen LogP contribution is -2.11. The highest BCUT2D eigenvalue weighted by Crippen LogP contribution is 2.13. The number of halogens is 3. The summed E-state index contributed by atoms with van der Waals surface area (Å²) in [4.78, 5) is 11.3. The predicted molar refractivity (Wildman–Crippen MR) is 59.6 cm³/mol. The topological polar surface area (TPSA) is 29.1 Å². The fraction of sp³-hybridized carbons (Fsp3) is 0.364. The van der Waals surface area contributed by atoms with Crippen LogP contribution < -0.4 is 5.32 Å². The second-order valence-corrected chi connectivity index (χ2v) is 3.73. The average molecular weight is 248 g/mol. The van der Waals surface area contributed by atoms with Crippen LogP contribution in [0.15, 0.2) is 18.2 Å². The summed E-state index contributed by atoms with van der Waals surface area (Å²) in [5.41, 5.74) is 0.133. The molecule has 0 spiro atoms. The first-order valence-corrected chi connectivity index (χ1v) is 5.47. The van der Waals surface area contributed by atoms with Gasteiger partial charge in [0.2, 0.25) is 5.91 Å². The Bertz CT molecular complexity index is 351. The van der Waals surface area contributed by atoms with Gasteiger partial charge in [-0.15, -0.1) is 11.6 Å². The number of hydrogen-bond acceptors (Lipinski definition) is 1. The van der Waals surface area contributed by atoms with E-state index in [1.165, 1.54) is 0 Å². The van der Waals surface area contributed by atoms with E-state index in [0.29, 0.717) is 18.7 Å². The van der Waals surface area contributed by atoms with Crippen molar-refractivity contribution in [1.29, 1.82) is 0 Å². The molecule has 88 valence electrons. The number of benzene rings is 1. The molecule has 5 heteroatoms. The summed E-state index contributed by atoms with van der Waals surface area (Å²) < 4.78 is 25.6. The van der Waals surface area contributed by atoms with Gasteiger partial charge in [0.25, 0.3) is 0 Å². The Hall–Kier alpha value is -1.16. The third kappa shape index (κ3) is 4.57. The maximum absolute atomic E-state index is 12.8. The maximum Gasteiger partial charge on any atom is 0.224 e. The number of amides is 1. The van der Waals surface area contributed by atoms with Gasteiger partial charge >= 0.3 is 0 Å². The minimum Gasteiger partial charge on any atom is -0.326 e. The summed E-state index contributed by atoms with van der Waals surface area (Å²) in [6.07, 6.45) is 1.70. The molecule has 0 aliphatic carbocycles. The molecule has 0 aliphatic heterocycles. The van der Waals surface area contributed by atoms with Crippen molar-refractivity contribution in [1.82, 2.24) is 0 Å². The Kier molecular flexibility index (Phi) is 5.19. The van der Waals surface area contributed by atoms with Crippen molar-refractivity contribution >= 4 is 23.2 Å². The molecule has 16 heavy (non-hydrogen) atoms. The fourth-order valence-corrected chi connectivity index (χ4v) is 1.42. The van der Waals surface area contributed by atoms with E-state index in [0.717, 1.165) is 24.6 Å². The van der Waals surface area contributed by atoms with Gasteiger partial charge in [-0.1, -0.05) is 0 Å². The van der Waals surface area contributed by atoms with Gasteiger partial charge in [-0.05, 0) is 25.0 Å². The average Bonchev–Trinajstić information content (AvgIpc) is 2.16. The first-order chi connectivity index (χ1) is 7.61. The van der Waals surface area contributed by atoms with Gasteiger partial charge in [0.1, 0.15) is 11.6 Å². The van der Waals surface area contributed by atoms with Gasteiger partial charge in [0.15, 0.2) is 0 Å². The number of carbonyl (C=O) groups excluding carboxylic acids is 1. The lowest BCUT2D eigenvalue weighted by atomic mass is 10.2. The summed E-state index contributed by atoms with van der Waals surface area (Å²) in [5.74, 6) is -1.19. The number of unbranched alkanes of at least 4 members (excludes halogenated alkanes) is 1. The van der Waals surface area contributed by atoms with Crippen LogP contribution in [0.5, 0.6) is 0 Å². The number of nitrogens with one attached hydrogen (secondary N) is 1. The smallest absolute Gasteiger partial charge is 0.224 e. The van der Waals surface area contributed by atoms with E-state index in [4.69, 9.17) is 11.6 Å². The summed E-state index contributed by atoms with van der Waals surface area (Å²) in [7, 11) is 0. The molecule has 0 atom stereocenters. The van der Waals surface area contributed by atoms with E-state index in [-0.39, 0.29) is 11.6 Å². The molecule has 1 aromatic rings. The summed E-state index contributed by atoms with van der Waals surface area (Å²) in [6.45, 7) is 0. The van der Waals surface area contributed by atoms with E-state index in [2.05, 4.69) is 5.32 Å². The Morgan fingerprint density at radius 1 is 1.19 bits per heavy atom. The standard InChI is InChI=1S/C11H12ClF2NO/c12-4-2-1-3-11(16)15-10-6-8(13)5-9(14)7-10/h5-7H,1-4H2,(H,15,16). The molecule has 0 heterocycles. The maximum atomic E-state index is 12.8. The molecule has 0 aromatic heterocycles. The molecule has 0 radical (unpaired) electrons. The highest BCUT2D eigenvalue weighted by molar-refractivity contribution is 6.17. The van der Waals surface area contributed by atoms with E-state index in [9.17, 15) is 13.6 Å². The van der Waals surface area contributed by atoms with Crippen LogP contribution in [0.4, 0.5) is 14.5 Å². The van der Waals surface area contributed by atoms with Crippen LogP contribution in [0.3, 0.4) is 0 Å². The molecule has 1 amide bonds. The quantitative estimate of drug-likeness (QED) is 0.628. The minimum atomic E-state index is -0.712. The van der Waals surface area contributed by atoms with E-state index in [1.54, 1.807) is 0 Å². The van der Waals surface area contributed by atoms with Gasteiger partial charge in [0.05, 0.1) is 0 Å². The highest BCUT2D eigenvalue weighted by Gasteiger charge is 2.04. The van der Waals surface area contributed by atoms with E-state index >= 15 is 0 Å². The van der Waals surface area contributed by atoms with Crippen LogP contribution in [-0.2, 0) is 4.79 Å². The van der Waals surface area contributed by atoms with Crippen molar-refractivity contribution in [2.45, 2.75) is 19.3 Å². The van der Waals surface area contributed by atoms with Crippen molar-refractivity contribution in [2.75, 3.05) is 11.2 Å². The SMILES string of the molecule is O=C(CCCCCl)Nc1cc(F)cc(F)c1. The summed E-state index contributed by atoms with van der Waals surface area (Å²) >= 11 is 5.46. The van der Waals surface area contributed by atoms with Crippen LogP contribution >= 0.6 is 11.6 Å². The van der Waals surface area contributed by atoms with Crippen molar-refractivity contribution in [3.63, 3.8) is 0 Å². The third-order valence-electron chi connectivity index (χ3n) is 1.93. The zero-order valence-corrected chi connectivity index (χ0v) is 9.36. The Balaban J connectivity index is 2.49. The fourth-order valence-electron chi connectivity index (χ4n) is 1.23. The lowest BCUT2D eigenvalue weighted by Gasteiger charge is -2.05. The van der Waals surface area contributed by atoms with Crippen LogP contribution in [0.25, 0.3) is 0 Å². The monoisotopic (exact) mass is 247 g/mol. The summed E-state index contributed by atoms with van der Waals surface area (Å²) in [6, 6.07) is 2.90. The lowest BCUT2D eigenvalue weighted by molar-refractivity contribution is -0.116. The van der Waals surface area contributed by atoms with Gasteiger partial charge in [-0.25, -0.2) is 8.78 Å². The molecule has 0 saturated heterocycles. The highest BCUT2D eigenvalue weighted by atomic mass is 35.5. The number of hydrogen-bond donors (Lipinski definition) is 1. The first kappa shape index (κ1) is 12.9. The number of rotatable bonds is 5. The molecule has 1 N–H and O–H groups in total. The predicted octanol–water partition coefficient (Wildman–Crippen LogP) is 3.31. The Labute approximate surface area is 97.6 Å². The van der Waals surface area contributed by atoms with Gasteiger partial charge in [-0.2, -0.15) is 0 Å². The van der Waals surface area contributed by atoms with E-state index in [1.807, 2.05) is 0 Å². The van der Waals surface area contributed by atoms with E-state index < -0.39 is 11.6 Å². The minimum absolute atomic E-state index is 0.133. The van der Waals surface area contributed by atoms with Crippen LogP contribution in [0.1, 0.15) is 19.3 Å². The number of anilines is 1. The Morgan fingerprint density at radius 2 is 1.81 bits per heavy atom. The third-order valence-corrected chi connectivity index (χ3v) is 2.20. The van der Waals surface area contributed by atoms with Crippen molar-refractivity contribution in [3.8, 4) is 0 Å². The molecule has 2 nitrogen and oxygen atoms in total. The van der Waals surface area contributed by atoms with Crippen molar-refractivity contribution < 1.29 is 13.6 Å². The zero-order valence-electron chi connectivity index (χ0n) is 8.60. The molecule has 0 saturated carbocycles. The molecular formula is C11H12ClF2NO. The summed E-state index contributed by atoms with van der Waals surface area (Å²) in [5, 5.41) is 2.42. The van der Waals surface area contributed by atoms with Gasteiger partial charge in [-0.3, -0.25) is 4.79 Å². The van der Waals surface area contributed by atoms with Crippen molar-refractivity contribution in [3.05, 3.63) is 29.8 Å². The number of carbonyl (C=O) groups is 1. The molecule has 0 fully saturated rings. The molecule has 0 unspecified atom stereocenters. The first-order valence-electron chi connectivity index (χ1n) is 4.93. The van der Waals surface area contributed by atoms with Gasteiger partial charge in [0, 0.05) is 24.1 Å². The van der Waals surface area contributed by atoms with Gasteiger partial charge < -0.3 is 5.32 Å². The molecular weight excluding hydrogens is 236 g/mol. The molecule has 1 rings (SSSR count). The second kappa shape index (κ2) is 6.43. The number of alkyl halides is 1. The van der Waals surface area contributed by atoms with Crippen LogP contribution in [0.2, 0.25) is 0 Å². The Morgan fingerprint density at radius 3 is 2.38 bits per heavy atom. The molecule has 1 aromatic carbocycles. The molecule has 0 bridgehead atoms. The second-order valence-electron chi connectivity index (χ2n) is 3.35. The zero-order chi connectivity index (χ0) is 12.0. The molecule has 0 aliphatic rings.